The zero-order valence-electron chi connectivity index (χ0n) is 13.2. The third-order valence-electron chi connectivity index (χ3n) is 3.97. The molecule has 0 aliphatic carbocycles. The maximum Gasteiger partial charge on any atom is 0.409 e. The standard InChI is InChI=1S/C16H21F3N2O/c1-10(2)11-7-5-6-8-12(11)14(16(17,18)19)21-15(3,4)9-13(22)20-21/h5-8,10,14H,9H2,1-4H3,(H,20,22). The molecule has 22 heavy (non-hydrogen) atoms. The maximum atomic E-state index is 13.8. The van der Waals surface area contributed by atoms with Gasteiger partial charge in [-0.2, -0.15) is 18.2 Å². The lowest BCUT2D eigenvalue weighted by atomic mass is 9.90. The van der Waals surface area contributed by atoms with Crippen molar-refractivity contribution in [2.45, 2.75) is 57.8 Å². The summed E-state index contributed by atoms with van der Waals surface area (Å²) in [5, 5.41) is 1.05. The van der Waals surface area contributed by atoms with E-state index in [1.165, 1.54) is 6.07 Å². The molecular formula is C16H21F3N2O. The van der Waals surface area contributed by atoms with E-state index in [1.807, 2.05) is 13.8 Å². The third kappa shape index (κ3) is 3.11. The van der Waals surface area contributed by atoms with E-state index in [9.17, 15) is 18.0 Å². The van der Waals surface area contributed by atoms with Gasteiger partial charge in [0.1, 0.15) is 0 Å². The van der Waals surface area contributed by atoms with Crippen LogP contribution in [0.5, 0.6) is 0 Å². The zero-order chi connectivity index (χ0) is 16.7. The van der Waals surface area contributed by atoms with E-state index in [0.29, 0.717) is 5.56 Å². The van der Waals surface area contributed by atoms with Gasteiger partial charge < -0.3 is 0 Å². The fraction of sp³-hybridized carbons (Fsp3) is 0.562. The third-order valence-corrected chi connectivity index (χ3v) is 3.97. The van der Waals surface area contributed by atoms with Gasteiger partial charge in [0.15, 0.2) is 6.04 Å². The minimum atomic E-state index is -4.49. The number of halogens is 3. The van der Waals surface area contributed by atoms with Gasteiger partial charge in [-0.3, -0.25) is 10.2 Å². The summed E-state index contributed by atoms with van der Waals surface area (Å²) in [6.45, 7) is 7.00. The highest BCUT2D eigenvalue weighted by atomic mass is 19.4. The lowest BCUT2D eigenvalue weighted by Gasteiger charge is -2.39. The molecule has 0 aromatic heterocycles. The van der Waals surface area contributed by atoms with E-state index in [2.05, 4.69) is 5.43 Å². The minimum absolute atomic E-state index is 0.0394. The molecule has 0 spiro atoms. The number of hydrogen-bond acceptors (Lipinski definition) is 2. The average Bonchev–Trinajstić information content (AvgIpc) is 2.61. The van der Waals surface area contributed by atoms with Gasteiger partial charge in [-0.1, -0.05) is 38.1 Å². The van der Waals surface area contributed by atoms with Crippen LogP contribution in [0.1, 0.15) is 57.2 Å². The molecule has 1 aliphatic rings. The summed E-state index contributed by atoms with van der Waals surface area (Å²) >= 11 is 0. The Morgan fingerprint density at radius 2 is 1.73 bits per heavy atom. The highest BCUT2D eigenvalue weighted by Crippen LogP contribution is 2.44. The van der Waals surface area contributed by atoms with Crippen LogP contribution in [0, 0.1) is 0 Å². The molecule has 6 heteroatoms. The Morgan fingerprint density at radius 1 is 1.18 bits per heavy atom. The highest BCUT2D eigenvalue weighted by Gasteiger charge is 2.53. The van der Waals surface area contributed by atoms with E-state index < -0.39 is 17.8 Å². The van der Waals surface area contributed by atoms with Crippen LogP contribution < -0.4 is 5.43 Å². The second-order valence-electron chi connectivity index (χ2n) is 6.62. The van der Waals surface area contributed by atoms with E-state index in [4.69, 9.17) is 0 Å². The van der Waals surface area contributed by atoms with Crippen molar-refractivity contribution in [1.82, 2.24) is 10.4 Å². The van der Waals surface area contributed by atoms with Crippen LogP contribution in [-0.4, -0.2) is 22.6 Å². The Morgan fingerprint density at radius 3 is 2.14 bits per heavy atom. The number of benzene rings is 1. The molecule has 1 aromatic rings. The SMILES string of the molecule is CC(C)c1ccccc1C(N1NC(=O)CC1(C)C)C(F)(F)F. The molecule has 1 heterocycles. The smallest absolute Gasteiger partial charge is 0.287 e. The average molecular weight is 314 g/mol. The summed E-state index contributed by atoms with van der Waals surface area (Å²) in [4.78, 5) is 11.6. The van der Waals surface area contributed by atoms with E-state index in [0.717, 1.165) is 5.01 Å². The minimum Gasteiger partial charge on any atom is -0.287 e. The van der Waals surface area contributed by atoms with Crippen LogP contribution in [0.3, 0.4) is 0 Å². The second kappa shape index (κ2) is 5.57. The molecule has 1 N–H and O–H groups in total. The number of hydrazine groups is 1. The van der Waals surface area contributed by atoms with Gasteiger partial charge in [-0.05, 0) is 30.9 Å². The van der Waals surface area contributed by atoms with Crippen LogP contribution in [-0.2, 0) is 4.79 Å². The lowest BCUT2D eigenvalue weighted by Crippen LogP contribution is -2.51. The highest BCUT2D eigenvalue weighted by molar-refractivity contribution is 5.79. The maximum absolute atomic E-state index is 13.8. The molecule has 0 radical (unpaired) electrons. The molecule has 122 valence electrons. The quantitative estimate of drug-likeness (QED) is 0.917. The van der Waals surface area contributed by atoms with Gasteiger partial charge >= 0.3 is 6.18 Å². The van der Waals surface area contributed by atoms with Crippen LogP contribution in [0.2, 0.25) is 0 Å². The monoisotopic (exact) mass is 314 g/mol. The molecule has 0 bridgehead atoms. The summed E-state index contributed by atoms with van der Waals surface area (Å²) in [5.74, 6) is -0.427. The van der Waals surface area contributed by atoms with Crippen LogP contribution in [0.25, 0.3) is 0 Å². The fourth-order valence-electron chi connectivity index (χ4n) is 2.96. The van der Waals surface area contributed by atoms with E-state index in [1.54, 1.807) is 32.0 Å². The Kier molecular flexibility index (Phi) is 4.26. The molecule has 1 unspecified atom stereocenters. The summed E-state index contributed by atoms with van der Waals surface area (Å²) < 4.78 is 41.3. The van der Waals surface area contributed by atoms with Crippen molar-refractivity contribution >= 4 is 5.91 Å². The van der Waals surface area contributed by atoms with Crippen molar-refractivity contribution in [2.75, 3.05) is 0 Å². The Balaban J connectivity index is 2.56. The van der Waals surface area contributed by atoms with Crippen molar-refractivity contribution in [3.05, 3.63) is 35.4 Å². The second-order valence-corrected chi connectivity index (χ2v) is 6.62. The van der Waals surface area contributed by atoms with Crippen LogP contribution >= 0.6 is 0 Å². The Hall–Kier alpha value is -1.56. The first-order valence-electron chi connectivity index (χ1n) is 7.28. The number of carbonyl (C=O) groups excluding carboxylic acids is 1. The van der Waals surface area contributed by atoms with Crippen LogP contribution in [0.4, 0.5) is 13.2 Å². The predicted octanol–water partition coefficient (Wildman–Crippen LogP) is 3.93. The van der Waals surface area contributed by atoms with Crippen molar-refractivity contribution in [3.8, 4) is 0 Å². The van der Waals surface area contributed by atoms with Crippen molar-refractivity contribution < 1.29 is 18.0 Å². The molecule has 1 aliphatic heterocycles. The Labute approximate surface area is 128 Å². The molecule has 1 aromatic carbocycles. The van der Waals surface area contributed by atoms with Gasteiger partial charge in [0, 0.05) is 12.0 Å². The first-order chi connectivity index (χ1) is 10.0. The number of nitrogens with zero attached hydrogens (tertiary/aromatic N) is 1. The Bertz CT molecular complexity index is 567. The zero-order valence-corrected chi connectivity index (χ0v) is 13.2. The van der Waals surface area contributed by atoms with Gasteiger partial charge in [0.2, 0.25) is 5.91 Å². The number of amides is 1. The van der Waals surface area contributed by atoms with Crippen molar-refractivity contribution in [2.24, 2.45) is 0 Å². The van der Waals surface area contributed by atoms with E-state index in [-0.39, 0.29) is 23.8 Å². The fourth-order valence-corrected chi connectivity index (χ4v) is 2.96. The van der Waals surface area contributed by atoms with Crippen molar-refractivity contribution in [3.63, 3.8) is 0 Å². The van der Waals surface area contributed by atoms with Gasteiger partial charge in [0.25, 0.3) is 0 Å². The normalized spacial score (nSPS) is 20.3. The molecule has 1 saturated heterocycles. The lowest BCUT2D eigenvalue weighted by molar-refractivity contribution is -0.204. The number of carbonyl (C=O) groups is 1. The first kappa shape index (κ1) is 16.8. The number of hydrogen-bond donors (Lipinski definition) is 1. The summed E-state index contributed by atoms with van der Waals surface area (Å²) in [6.07, 6.45) is -4.44. The van der Waals surface area contributed by atoms with Gasteiger partial charge in [-0.25, -0.2) is 0 Å². The molecule has 2 rings (SSSR count). The number of alkyl halides is 3. The molecular weight excluding hydrogens is 293 g/mol. The van der Waals surface area contributed by atoms with E-state index >= 15 is 0 Å². The van der Waals surface area contributed by atoms with Crippen LogP contribution in [0.15, 0.2) is 24.3 Å². The summed E-state index contributed by atoms with van der Waals surface area (Å²) in [6, 6.07) is 4.69. The molecule has 1 atom stereocenters. The first-order valence-corrected chi connectivity index (χ1v) is 7.28. The summed E-state index contributed by atoms with van der Waals surface area (Å²) in [5.41, 5.74) is 2.32. The van der Waals surface area contributed by atoms with Gasteiger partial charge in [-0.15, -0.1) is 0 Å². The molecule has 1 fully saturated rings. The molecule has 1 amide bonds. The number of rotatable bonds is 3. The topological polar surface area (TPSA) is 32.3 Å². The largest absolute Gasteiger partial charge is 0.409 e. The van der Waals surface area contributed by atoms with Crippen molar-refractivity contribution in [1.29, 1.82) is 0 Å². The summed E-state index contributed by atoms with van der Waals surface area (Å²) in [7, 11) is 0. The molecule has 3 nitrogen and oxygen atoms in total. The predicted molar refractivity (Wildman–Crippen MR) is 78.0 cm³/mol. The molecule has 0 saturated carbocycles. The van der Waals surface area contributed by atoms with Gasteiger partial charge in [0.05, 0.1) is 0 Å². The number of nitrogens with one attached hydrogen (secondary N) is 1.